The SMILES string of the molecule is C=C1NC(=S)C/C1=C/C=CC. The Labute approximate surface area is 72.5 Å². The van der Waals surface area contributed by atoms with E-state index < -0.39 is 0 Å². The molecule has 0 aromatic rings. The van der Waals surface area contributed by atoms with Crippen LogP contribution in [0.4, 0.5) is 0 Å². The summed E-state index contributed by atoms with van der Waals surface area (Å²) in [6.45, 7) is 5.82. The van der Waals surface area contributed by atoms with E-state index in [1.54, 1.807) is 0 Å². The molecule has 1 aliphatic rings. The first-order valence-corrected chi connectivity index (χ1v) is 3.96. The van der Waals surface area contributed by atoms with E-state index in [4.69, 9.17) is 12.2 Å². The maximum atomic E-state index is 4.99. The van der Waals surface area contributed by atoms with E-state index in [2.05, 4.69) is 11.9 Å². The van der Waals surface area contributed by atoms with Gasteiger partial charge in [0.15, 0.2) is 0 Å². The summed E-state index contributed by atoms with van der Waals surface area (Å²) >= 11 is 4.99. The Hall–Kier alpha value is -0.890. The summed E-state index contributed by atoms with van der Waals surface area (Å²) in [7, 11) is 0. The van der Waals surface area contributed by atoms with Crippen molar-refractivity contribution in [1.29, 1.82) is 0 Å². The van der Waals surface area contributed by atoms with Crippen LogP contribution in [-0.2, 0) is 0 Å². The number of rotatable bonds is 1. The van der Waals surface area contributed by atoms with Gasteiger partial charge in [-0.05, 0) is 12.5 Å². The van der Waals surface area contributed by atoms with Crippen molar-refractivity contribution in [3.8, 4) is 0 Å². The summed E-state index contributed by atoms with van der Waals surface area (Å²) in [5.74, 6) is 0. The van der Waals surface area contributed by atoms with Crippen LogP contribution in [0.2, 0.25) is 0 Å². The highest BCUT2D eigenvalue weighted by molar-refractivity contribution is 7.80. The maximum absolute atomic E-state index is 4.99. The van der Waals surface area contributed by atoms with E-state index in [0.29, 0.717) is 0 Å². The van der Waals surface area contributed by atoms with Gasteiger partial charge < -0.3 is 5.32 Å². The summed E-state index contributed by atoms with van der Waals surface area (Å²) in [6.07, 6.45) is 6.85. The van der Waals surface area contributed by atoms with Crippen molar-refractivity contribution < 1.29 is 0 Å². The number of thiocarbonyl (C=S) groups is 1. The van der Waals surface area contributed by atoms with E-state index in [9.17, 15) is 0 Å². The molecule has 0 aromatic heterocycles. The largest absolute Gasteiger partial charge is 0.350 e. The van der Waals surface area contributed by atoms with E-state index >= 15 is 0 Å². The second-order valence-electron chi connectivity index (χ2n) is 2.42. The van der Waals surface area contributed by atoms with Crippen LogP contribution in [0.3, 0.4) is 0 Å². The van der Waals surface area contributed by atoms with E-state index in [0.717, 1.165) is 17.1 Å². The van der Waals surface area contributed by atoms with Crippen molar-refractivity contribution >= 4 is 17.2 Å². The quantitative estimate of drug-likeness (QED) is 0.598. The zero-order valence-electron chi connectivity index (χ0n) is 6.55. The molecule has 11 heavy (non-hydrogen) atoms. The van der Waals surface area contributed by atoms with Gasteiger partial charge >= 0.3 is 0 Å². The fraction of sp³-hybridized carbons (Fsp3) is 0.222. The van der Waals surface area contributed by atoms with Crippen LogP contribution in [0.15, 0.2) is 36.1 Å². The Morgan fingerprint density at radius 3 is 2.82 bits per heavy atom. The Balaban J connectivity index is 2.74. The van der Waals surface area contributed by atoms with Crippen LogP contribution in [-0.4, -0.2) is 4.99 Å². The first-order chi connectivity index (χ1) is 5.24. The van der Waals surface area contributed by atoms with Crippen LogP contribution in [0.1, 0.15) is 13.3 Å². The number of nitrogens with one attached hydrogen (secondary N) is 1. The van der Waals surface area contributed by atoms with Crippen LogP contribution in [0, 0.1) is 0 Å². The molecule has 0 aliphatic carbocycles. The highest BCUT2D eigenvalue weighted by Gasteiger charge is 2.13. The van der Waals surface area contributed by atoms with Gasteiger partial charge in [0.2, 0.25) is 0 Å². The van der Waals surface area contributed by atoms with Crippen molar-refractivity contribution in [2.45, 2.75) is 13.3 Å². The molecule has 1 heterocycles. The van der Waals surface area contributed by atoms with Crippen molar-refractivity contribution in [3.63, 3.8) is 0 Å². The molecule has 0 radical (unpaired) electrons. The molecule has 0 unspecified atom stereocenters. The van der Waals surface area contributed by atoms with Crippen LogP contribution in [0.25, 0.3) is 0 Å². The molecule has 0 aromatic carbocycles. The van der Waals surface area contributed by atoms with Gasteiger partial charge in [0, 0.05) is 12.1 Å². The highest BCUT2D eigenvalue weighted by atomic mass is 32.1. The van der Waals surface area contributed by atoms with Gasteiger partial charge in [-0.3, -0.25) is 0 Å². The Morgan fingerprint density at radius 2 is 2.36 bits per heavy atom. The van der Waals surface area contributed by atoms with Crippen molar-refractivity contribution in [3.05, 3.63) is 36.1 Å². The molecule has 1 aliphatic heterocycles. The lowest BCUT2D eigenvalue weighted by Gasteiger charge is -1.93. The van der Waals surface area contributed by atoms with Gasteiger partial charge in [-0.2, -0.15) is 0 Å². The van der Waals surface area contributed by atoms with Crippen LogP contribution < -0.4 is 5.32 Å². The minimum atomic E-state index is 0.832. The monoisotopic (exact) mass is 165 g/mol. The second-order valence-corrected chi connectivity index (χ2v) is 2.91. The standard InChI is InChI=1S/C9H11NS/c1-3-4-5-8-6-9(11)10-7(8)2/h3-5H,2,6H2,1H3,(H,10,11)/b4-3?,8-5-. The topological polar surface area (TPSA) is 12.0 Å². The van der Waals surface area contributed by atoms with Gasteiger partial charge in [0.25, 0.3) is 0 Å². The summed E-state index contributed by atoms with van der Waals surface area (Å²) in [6, 6.07) is 0. The third-order valence-electron chi connectivity index (χ3n) is 1.52. The molecule has 2 heteroatoms. The summed E-state index contributed by atoms with van der Waals surface area (Å²) in [4.78, 5) is 0.866. The number of hydrogen-bond donors (Lipinski definition) is 1. The normalized spacial score (nSPS) is 21.7. The smallest absolute Gasteiger partial charge is 0.0842 e. The number of hydrogen-bond acceptors (Lipinski definition) is 1. The van der Waals surface area contributed by atoms with Gasteiger partial charge in [-0.15, -0.1) is 0 Å². The third-order valence-corrected chi connectivity index (χ3v) is 1.77. The molecule has 1 rings (SSSR count). The number of allylic oxidation sites excluding steroid dienone is 4. The molecule has 1 saturated heterocycles. The van der Waals surface area contributed by atoms with Crippen molar-refractivity contribution in [2.75, 3.05) is 0 Å². The molecule has 0 saturated carbocycles. The first kappa shape index (κ1) is 8.21. The summed E-state index contributed by atoms with van der Waals surface area (Å²) < 4.78 is 0. The second kappa shape index (κ2) is 3.49. The summed E-state index contributed by atoms with van der Waals surface area (Å²) in [5, 5.41) is 3.01. The fourth-order valence-electron chi connectivity index (χ4n) is 0.944. The van der Waals surface area contributed by atoms with E-state index in [1.165, 1.54) is 5.57 Å². The molecule has 0 bridgehead atoms. The molecule has 0 amide bonds. The minimum absolute atomic E-state index is 0.832. The molecule has 0 spiro atoms. The van der Waals surface area contributed by atoms with Gasteiger partial charge in [0.05, 0.1) is 4.99 Å². The van der Waals surface area contributed by atoms with E-state index in [-0.39, 0.29) is 0 Å². The Morgan fingerprint density at radius 1 is 1.64 bits per heavy atom. The lowest BCUT2D eigenvalue weighted by molar-refractivity contribution is 1.25. The molecule has 1 nitrogen and oxygen atoms in total. The Kier molecular flexibility index (Phi) is 2.60. The molecular formula is C9H11NS. The lowest BCUT2D eigenvalue weighted by atomic mass is 10.2. The van der Waals surface area contributed by atoms with E-state index in [1.807, 2.05) is 25.2 Å². The fourth-order valence-corrected chi connectivity index (χ4v) is 1.22. The van der Waals surface area contributed by atoms with Crippen LogP contribution >= 0.6 is 12.2 Å². The molecule has 58 valence electrons. The molecule has 1 fully saturated rings. The predicted octanol–water partition coefficient (Wildman–Crippen LogP) is 2.32. The first-order valence-electron chi connectivity index (χ1n) is 3.55. The van der Waals surface area contributed by atoms with Gasteiger partial charge in [0.1, 0.15) is 0 Å². The zero-order valence-corrected chi connectivity index (χ0v) is 7.37. The van der Waals surface area contributed by atoms with Crippen molar-refractivity contribution in [2.24, 2.45) is 0 Å². The van der Waals surface area contributed by atoms with Gasteiger partial charge in [-0.25, -0.2) is 0 Å². The Bertz CT molecular complexity index is 248. The third kappa shape index (κ3) is 2.02. The van der Waals surface area contributed by atoms with Crippen LogP contribution in [0.5, 0.6) is 0 Å². The molecular weight excluding hydrogens is 154 g/mol. The average Bonchev–Trinajstić information content (AvgIpc) is 2.26. The average molecular weight is 165 g/mol. The lowest BCUT2D eigenvalue weighted by Crippen LogP contribution is -2.08. The molecule has 1 N–H and O–H groups in total. The highest BCUT2D eigenvalue weighted by Crippen LogP contribution is 2.17. The van der Waals surface area contributed by atoms with Gasteiger partial charge in [-0.1, -0.05) is 37.0 Å². The minimum Gasteiger partial charge on any atom is -0.350 e. The summed E-state index contributed by atoms with van der Waals surface area (Å²) in [5.41, 5.74) is 2.13. The van der Waals surface area contributed by atoms with Crippen molar-refractivity contribution in [1.82, 2.24) is 5.32 Å². The molecule has 0 atom stereocenters. The predicted molar refractivity (Wildman–Crippen MR) is 52.4 cm³/mol. The maximum Gasteiger partial charge on any atom is 0.0842 e. The zero-order chi connectivity index (χ0) is 8.27.